The Bertz CT molecular complexity index is 928. The highest BCUT2D eigenvalue weighted by Gasteiger charge is 2.31. The van der Waals surface area contributed by atoms with Gasteiger partial charge in [0.1, 0.15) is 0 Å². The molecule has 0 atom stereocenters. The third-order valence-electron chi connectivity index (χ3n) is 5.03. The van der Waals surface area contributed by atoms with Crippen LogP contribution in [0.25, 0.3) is 0 Å². The van der Waals surface area contributed by atoms with E-state index in [0.29, 0.717) is 37.5 Å². The summed E-state index contributed by atoms with van der Waals surface area (Å²) in [5.41, 5.74) is 3.82. The molecule has 144 valence electrons. The van der Waals surface area contributed by atoms with Crippen LogP contribution in [0.5, 0.6) is 0 Å². The van der Waals surface area contributed by atoms with Crippen LogP contribution in [0.3, 0.4) is 0 Å². The monoisotopic (exact) mass is 386 g/mol. The Morgan fingerprint density at radius 3 is 2.11 bits per heavy atom. The Balaban J connectivity index is 1.65. The lowest BCUT2D eigenvalue weighted by atomic mass is 10.1. The van der Waals surface area contributed by atoms with E-state index in [0.717, 1.165) is 22.3 Å². The molecule has 1 heterocycles. The van der Waals surface area contributed by atoms with E-state index in [1.54, 1.807) is 11.0 Å². The predicted molar refractivity (Wildman–Crippen MR) is 106 cm³/mol. The quantitative estimate of drug-likeness (QED) is 0.812. The minimum absolute atomic E-state index is 0.0441. The van der Waals surface area contributed by atoms with Crippen molar-refractivity contribution in [2.24, 2.45) is 0 Å². The van der Waals surface area contributed by atoms with Gasteiger partial charge in [0.15, 0.2) is 0 Å². The second kappa shape index (κ2) is 7.82. The van der Waals surface area contributed by atoms with Crippen LogP contribution in [0, 0.1) is 20.8 Å². The predicted octanol–water partition coefficient (Wildman–Crippen LogP) is 2.69. The number of piperazine rings is 1. The molecular weight excluding hydrogens is 360 g/mol. The van der Waals surface area contributed by atoms with Gasteiger partial charge in [-0.05, 0) is 43.5 Å². The number of nitrogens with zero attached hydrogens (tertiary/aromatic N) is 2. The topological polar surface area (TPSA) is 57.7 Å². The Kier molecular flexibility index (Phi) is 5.67. The first kappa shape index (κ1) is 19.6. The van der Waals surface area contributed by atoms with Gasteiger partial charge >= 0.3 is 0 Å². The van der Waals surface area contributed by atoms with Gasteiger partial charge in [-0.3, -0.25) is 4.79 Å². The van der Waals surface area contributed by atoms with E-state index in [9.17, 15) is 13.2 Å². The normalized spacial score (nSPS) is 15.7. The van der Waals surface area contributed by atoms with Gasteiger partial charge in [0.25, 0.3) is 0 Å². The lowest BCUT2D eigenvalue weighted by Gasteiger charge is -2.34. The molecule has 0 aromatic heterocycles. The summed E-state index contributed by atoms with van der Waals surface area (Å²) < 4.78 is 27.5. The lowest BCUT2D eigenvalue weighted by Crippen LogP contribution is -2.50. The highest BCUT2D eigenvalue weighted by Crippen LogP contribution is 2.22. The first-order chi connectivity index (χ1) is 12.8. The van der Waals surface area contributed by atoms with Crippen LogP contribution in [0.15, 0.2) is 47.4 Å². The van der Waals surface area contributed by atoms with Crippen molar-refractivity contribution in [3.05, 3.63) is 64.7 Å². The van der Waals surface area contributed by atoms with Crippen molar-refractivity contribution in [2.75, 3.05) is 26.2 Å². The van der Waals surface area contributed by atoms with Crippen LogP contribution in [-0.2, 0) is 21.2 Å². The molecule has 0 unspecified atom stereocenters. The highest BCUT2D eigenvalue weighted by atomic mass is 32.2. The molecule has 0 saturated carbocycles. The number of sulfonamides is 1. The summed E-state index contributed by atoms with van der Waals surface area (Å²) in [6, 6.07) is 13.4. The molecule has 2 aromatic carbocycles. The summed E-state index contributed by atoms with van der Waals surface area (Å²) in [4.78, 5) is 14.7. The van der Waals surface area contributed by atoms with E-state index in [1.165, 1.54) is 4.31 Å². The number of carbonyl (C=O) groups excluding carboxylic acids is 1. The number of carbonyl (C=O) groups is 1. The third kappa shape index (κ3) is 4.39. The maximum absolute atomic E-state index is 13.0. The van der Waals surface area contributed by atoms with E-state index in [-0.39, 0.29) is 5.91 Å². The van der Waals surface area contributed by atoms with Crippen molar-refractivity contribution >= 4 is 15.9 Å². The number of hydrogen-bond donors (Lipinski definition) is 0. The summed E-state index contributed by atoms with van der Waals surface area (Å²) in [5, 5.41) is 0. The fourth-order valence-electron chi connectivity index (χ4n) is 3.29. The number of benzene rings is 2. The zero-order valence-corrected chi connectivity index (χ0v) is 16.9. The van der Waals surface area contributed by atoms with Crippen LogP contribution in [0.2, 0.25) is 0 Å². The molecule has 0 bridgehead atoms. The number of rotatable bonds is 4. The maximum Gasteiger partial charge on any atom is 0.243 e. The van der Waals surface area contributed by atoms with E-state index in [2.05, 4.69) is 0 Å². The van der Waals surface area contributed by atoms with E-state index >= 15 is 0 Å². The van der Waals surface area contributed by atoms with Crippen molar-refractivity contribution in [3.63, 3.8) is 0 Å². The molecule has 0 spiro atoms. The second-order valence-electron chi connectivity index (χ2n) is 7.22. The molecule has 1 saturated heterocycles. The van der Waals surface area contributed by atoms with Gasteiger partial charge in [-0.15, -0.1) is 0 Å². The fraction of sp³-hybridized carbons (Fsp3) is 0.381. The Hall–Kier alpha value is -2.18. The molecule has 0 radical (unpaired) electrons. The molecule has 1 aliphatic rings. The minimum atomic E-state index is -3.53. The van der Waals surface area contributed by atoms with Gasteiger partial charge < -0.3 is 4.90 Å². The lowest BCUT2D eigenvalue weighted by molar-refractivity contribution is -0.131. The molecule has 0 N–H and O–H groups in total. The summed E-state index contributed by atoms with van der Waals surface area (Å²) in [7, 11) is -3.53. The summed E-state index contributed by atoms with van der Waals surface area (Å²) in [6.45, 7) is 7.23. The Morgan fingerprint density at radius 1 is 0.889 bits per heavy atom. The van der Waals surface area contributed by atoms with Crippen molar-refractivity contribution in [3.8, 4) is 0 Å². The molecule has 2 aromatic rings. The molecule has 27 heavy (non-hydrogen) atoms. The van der Waals surface area contributed by atoms with Crippen LogP contribution in [0.4, 0.5) is 0 Å². The van der Waals surface area contributed by atoms with Gasteiger partial charge in [-0.2, -0.15) is 4.31 Å². The van der Waals surface area contributed by atoms with Crippen molar-refractivity contribution in [1.82, 2.24) is 9.21 Å². The number of aryl methyl sites for hydroxylation is 3. The Morgan fingerprint density at radius 2 is 1.48 bits per heavy atom. The average molecular weight is 387 g/mol. The second-order valence-corrected chi connectivity index (χ2v) is 9.12. The molecule has 6 heteroatoms. The van der Waals surface area contributed by atoms with Gasteiger partial charge in [-0.1, -0.05) is 42.0 Å². The van der Waals surface area contributed by atoms with Gasteiger partial charge in [-0.25, -0.2) is 8.42 Å². The number of hydrogen-bond acceptors (Lipinski definition) is 3. The molecule has 1 fully saturated rings. The first-order valence-electron chi connectivity index (χ1n) is 9.18. The van der Waals surface area contributed by atoms with Crippen LogP contribution >= 0.6 is 0 Å². The average Bonchev–Trinajstić information content (AvgIpc) is 2.65. The smallest absolute Gasteiger partial charge is 0.243 e. The third-order valence-corrected chi connectivity index (χ3v) is 7.07. The Labute approximate surface area is 161 Å². The van der Waals surface area contributed by atoms with Gasteiger partial charge in [0.2, 0.25) is 15.9 Å². The van der Waals surface area contributed by atoms with Crippen LogP contribution in [-0.4, -0.2) is 49.7 Å². The van der Waals surface area contributed by atoms with E-state index < -0.39 is 10.0 Å². The zero-order valence-electron chi connectivity index (χ0n) is 16.1. The summed E-state index contributed by atoms with van der Waals surface area (Å²) >= 11 is 0. The fourth-order valence-corrected chi connectivity index (χ4v) is 5.03. The highest BCUT2D eigenvalue weighted by molar-refractivity contribution is 7.89. The van der Waals surface area contributed by atoms with Crippen molar-refractivity contribution in [1.29, 1.82) is 0 Å². The summed E-state index contributed by atoms with van der Waals surface area (Å²) in [6.07, 6.45) is 0.351. The maximum atomic E-state index is 13.0. The standard InChI is InChI=1S/C21H26N2O3S/c1-16-5-8-19(9-6-16)15-21(24)22-10-12-23(13-11-22)27(25,26)20-14-17(2)4-7-18(20)3/h4-9,14H,10-13,15H2,1-3H3. The molecule has 1 aliphatic heterocycles. The van der Waals surface area contributed by atoms with Crippen molar-refractivity contribution in [2.45, 2.75) is 32.1 Å². The first-order valence-corrected chi connectivity index (χ1v) is 10.6. The van der Waals surface area contributed by atoms with E-state index in [4.69, 9.17) is 0 Å². The van der Waals surface area contributed by atoms with Crippen LogP contribution in [0.1, 0.15) is 22.3 Å². The van der Waals surface area contributed by atoms with Crippen molar-refractivity contribution < 1.29 is 13.2 Å². The van der Waals surface area contributed by atoms with Crippen LogP contribution < -0.4 is 0 Å². The molecule has 3 rings (SSSR count). The molecular formula is C21H26N2O3S. The molecule has 1 amide bonds. The zero-order chi connectivity index (χ0) is 19.6. The van der Waals surface area contributed by atoms with E-state index in [1.807, 2.05) is 57.2 Å². The minimum Gasteiger partial charge on any atom is -0.340 e. The van der Waals surface area contributed by atoms with Gasteiger partial charge in [0.05, 0.1) is 11.3 Å². The SMILES string of the molecule is Cc1ccc(CC(=O)N2CCN(S(=O)(=O)c3cc(C)ccc3C)CC2)cc1. The number of amides is 1. The summed E-state index contributed by atoms with van der Waals surface area (Å²) in [5.74, 6) is 0.0441. The largest absolute Gasteiger partial charge is 0.340 e. The molecule has 5 nitrogen and oxygen atoms in total. The molecule has 0 aliphatic carbocycles. The van der Waals surface area contributed by atoms with Gasteiger partial charge in [0, 0.05) is 26.2 Å².